The van der Waals surface area contributed by atoms with Crippen LogP contribution in [0, 0.1) is 11.8 Å². The SMILES string of the molecule is CCCCc1nc(N2CCN(C(=O)C3CCCC3)CC2)c2c3c(sc2n1)CC(C)CC3. The van der Waals surface area contributed by atoms with Crippen molar-refractivity contribution in [3.8, 4) is 0 Å². The van der Waals surface area contributed by atoms with E-state index in [0.717, 1.165) is 82.3 Å². The van der Waals surface area contributed by atoms with Gasteiger partial charge in [-0.2, -0.15) is 0 Å². The first kappa shape index (κ1) is 21.2. The van der Waals surface area contributed by atoms with Crippen LogP contribution in [0.2, 0.25) is 0 Å². The summed E-state index contributed by atoms with van der Waals surface area (Å²) in [6.45, 7) is 8.03. The number of nitrogens with zero attached hydrogens (tertiary/aromatic N) is 4. The van der Waals surface area contributed by atoms with E-state index in [2.05, 4.69) is 23.6 Å². The molecular formula is C25H36N4OS. The van der Waals surface area contributed by atoms with Crippen molar-refractivity contribution in [2.45, 2.75) is 78.1 Å². The number of carbonyl (C=O) groups excluding carboxylic acids is 1. The fraction of sp³-hybridized carbons (Fsp3) is 0.720. The summed E-state index contributed by atoms with van der Waals surface area (Å²) in [4.78, 5) is 30.3. The van der Waals surface area contributed by atoms with Gasteiger partial charge in [-0.3, -0.25) is 4.79 Å². The molecule has 3 heterocycles. The highest BCUT2D eigenvalue weighted by Gasteiger charge is 2.31. The Bertz CT molecular complexity index is 941. The maximum absolute atomic E-state index is 12.9. The van der Waals surface area contributed by atoms with Gasteiger partial charge in [-0.15, -0.1) is 11.3 Å². The quantitative estimate of drug-likeness (QED) is 0.657. The van der Waals surface area contributed by atoms with Crippen LogP contribution in [0.4, 0.5) is 5.82 Å². The second-order valence-electron chi connectivity index (χ2n) is 9.89. The van der Waals surface area contributed by atoms with Crippen molar-refractivity contribution < 1.29 is 4.79 Å². The molecular weight excluding hydrogens is 404 g/mol. The summed E-state index contributed by atoms with van der Waals surface area (Å²) >= 11 is 1.91. The third-order valence-electron chi connectivity index (χ3n) is 7.53. The van der Waals surface area contributed by atoms with Gasteiger partial charge in [-0.25, -0.2) is 9.97 Å². The number of hydrogen-bond donors (Lipinski definition) is 0. The molecule has 5 nitrogen and oxygen atoms in total. The van der Waals surface area contributed by atoms with E-state index >= 15 is 0 Å². The number of unbranched alkanes of at least 4 members (excludes halogenated alkanes) is 1. The number of amides is 1. The molecule has 5 rings (SSSR count). The molecule has 2 aromatic heterocycles. The van der Waals surface area contributed by atoms with Crippen molar-refractivity contribution in [1.29, 1.82) is 0 Å². The summed E-state index contributed by atoms with van der Waals surface area (Å²) in [6.07, 6.45) is 11.5. The first-order chi connectivity index (χ1) is 15.1. The summed E-state index contributed by atoms with van der Waals surface area (Å²) in [5.74, 6) is 3.60. The largest absolute Gasteiger partial charge is 0.352 e. The van der Waals surface area contributed by atoms with E-state index in [4.69, 9.17) is 9.97 Å². The van der Waals surface area contributed by atoms with Crippen molar-refractivity contribution in [1.82, 2.24) is 14.9 Å². The molecule has 2 aliphatic carbocycles. The van der Waals surface area contributed by atoms with Crippen LogP contribution >= 0.6 is 11.3 Å². The molecule has 1 saturated carbocycles. The highest BCUT2D eigenvalue weighted by molar-refractivity contribution is 7.19. The Labute approximate surface area is 190 Å². The van der Waals surface area contributed by atoms with Gasteiger partial charge in [0.25, 0.3) is 0 Å². The van der Waals surface area contributed by atoms with Crippen molar-refractivity contribution in [2.75, 3.05) is 31.1 Å². The third-order valence-corrected chi connectivity index (χ3v) is 8.68. The molecule has 31 heavy (non-hydrogen) atoms. The maximum atomic E-state index is 12.9. The van der Waals surface area contributed by atoms with Gasteiger partial charge < -0.3 is 9.80 Å². The van der Waals surface area contributed by atoms with Gasteiger partial charge in [-0.1, -0.05) is 33.1 Å². The highest BCUT2D eigenvalue weighted by Crippen LogP contribution is 2.41. The van der Waals surface area contributed by atoms with Crippen LogP contribution in [0.5, 0.6) is 0 Å². The Morgan fingerprint density at radius 1 is 1.10 bits per heavy atom. The minimum atomic E-state index is 0.281. The molecule has 1 amide bonds. The lowest BCUT2D eigenvalue weighted by Gasteiger charge is -2.37. The zero-order chi connectivity index (χ0) is 21.4. The molecule has 1 saturated heterocycles. The lowest BCUT2D eigenvalue weighted by Crippen LogP contribution is -2.50. The number of piperazine rings is 1. The fourth-order valence-corrected chi connectivity index (χ4v) is 7.01. The van der Waals surface area contributed by atoms with Crippen LogP contribution < -0.4 is 4.90 Å². The predicted molar refractivity (Wildman–Crippen MR) is 128 cm³/mol. The summed E-state index contributed by atoms with van der Waals surface area (Å²) < 4.78 is 0. The molecule has 168 valence electrons. The number of anilines is 1. The van der Waals surface area contributed by atoms with E-state index in [9.17, 15) is 4.79 Å². The summed E-state index contributed by atoms with van der Waals surface area (Å²) in [6, 6.07) is 0. The van der Waals surface area contributed by atoms with Gasteiger partial charge in [0.15, 0.2) is 0 Å². The number of hydrogen-bond acceptors (Lipinski definition) is 5. The fourth-order valence-electron chi connectivity index (χ4n) is 5.61. The summed E-state index contributed by atoms with van der Waals surface area (Å²) in [5, 5.41) is 1.32. The average molecular weight is 441 g/mol. The van der Waals surface area contributed by atoms with Crippen LogP contribution in [-0.4, -0.2) is 47.0 Å². The molecule has 6 heteroatoms. The molecule has 0 radical (unpaired) electrons. The van der Waals surface area contributed by atoms with E-state index in [-0.39, 0.29) is 5.92 Å². The first-order valence-corrected chi connectivity index (χ1v) is 13.3. The molecule has 1 atom stereocenters. The maximum Gasteiger partial charge on any atom is 0.225 e. The Hall–Kier alpha value is -1.69. The zero-order valence-corrected chi connectivity index (χ0v) is 20.0. The summed E-state index contributed by atoms with van der Waals surface area (Å²) in [5.41, 5.74) is 1.51. The number of aryl methyl sites for hydroxylation is 2. The molecule has 0 bridgehead atoms. The third kappa shape index (κ3) is 4.20. The first-order valence-electron chi connectivity index (χ1n) is 12.5. The molecule has 0 N–H and O–H groups in total. The Morgan fingerprint density at radius 3 is 2.61 bits per heavy atom. The van der Waals surface area contributed by atoms with Crippen LogP contribution in [0.15, 0.2) is 0 Å². The predicted octanol–water partition coefficient (Wildman–Crippen LogP) is 5.00. The zero-order valence-electron chi connectivity index (χ0n) is 19.2. The number of thiophene rings is 1. The van der Waals surface area contributed by atoms with Crippen LogP contribution in [0.1, 0.15) is 75.1 Å². The minimum Gasteiger partial charge on any atom is -0.352 e. The van der Waals surface area contributed by atoms with Crippen LogP contribution in [-0.2, 0) is 24.1 Å². The lowest BCUT2D eigenvalue weighted by atomic mass is 9.89. The summed E-state index contributed by atoms with van der Waals surface area (Å²) in [7, 11) is 0. The van der Waals surface area contributed by atoms with Crippen molar-refractivity contribution in [3.05, 3.63) is 16.3 Å². The van der Waals surface area contributed by atoms with E-state index < -0.39 is 0 Å². The lowest BCUT2D eigenvalue weighted by molar-refractivity contribution is -0.135. The molecule has 0 spiro atoms. The standard InChI is InChI=1S/C25H36N4OS/c1-3-4-9-21-26-23(22-19-11-10-17(2)16-20(19)31-24(22)27-21)28-12-14-29(15-13-28)25(30)18-7-5-6-8-18/h17-18H,3-16H2,1-2H3. The van der Waals surface area contributed by atoms with Gasteiger partial charge in [0.05, 0.1) is 5.39 Å². The van der Waals surface area contributed by atoms with Crippen molar-refractivity contribution in [2.24, 2.45) is 11.8 Å². The van der Waals surface area contributed by atoms with Crippen LogP contribution in [0.3, 0.4) is 0 Å². The topological polar surface area (TPSA) is 49.3 Å². The van der Waals surface area contributed by atoms with Gasteiger partial charge >= 0.3 is 0 Å². The van der Waals surface area contributed by atoms with E-state index in [0.29, 0.717) is 5.91 Å². The Kier molecular flexibility index (Phi) is 6.18. The smallest absolute Gasteiger partial charge is 0.225 e. The molecule has 3 aliphatic rings. The van der Waals surface area contributed by atoms with Crippen molar-refractivity contribution in [3.63, 3.8) is 0 Å². The number of fused-ring (bicyclic) bond motifs is 3. The monoisotopic (exact) mass is 440 g/mol. The van der Waals surface area contributed by atoms with Gasteiger partial charge in [0.2, 0.25) is 5.91 Å². The minimum absolute atomic E-state index is 0.281. The Balaban J connectivity index is 1.42. The molecule has 0 aromatic carbocycles. The normalized spacial score (nSPS) is 22.3. The highest BCUT2D eigenvalue weighted by atomic mass is 32.1. The van der Waals surface area contributed by atoms with E-state index in [1.807, 2.05) is 11.3 Å². The molecule has 1 aliphatic heterocycles. The van der Waals surface area contributed by atoms with Gasteiger partial charge in [0.1, 0.15) is 16.5 Å². The number of rotatable bonds is 5. The number of aromatic nitrogens is 2. The molecule has 2 fully saturated rings. The molecule has 2 aromatic rings. The second kappa shape index (κ2) is 9.05. The van der Waals surface area contributed by atoms with Crippen LogP contribution in [0.25, 0.3) is 10.2 Å². The van der Waals surface area contributed by atoms with Crippen molar-refractivity contribution >= 4 is 33.3 Å². The number of carbonyl (C=O) groups is 1. The Morgan fingerprint density at radius 2 is 1.87 bits per heavy atom. The van der Waals surface area contributed by atoms with Gasteiger partial charge in [-0.05, 0) is 50.0 Å². The average Bonchev–Trinajstić information content (AvgIpc) is 3.44. The van der Waals surface area contributed by atoms with E-state index in [1.54, 1.807) is 0 Å². The molecule has 1 unspecified atom stereocenters. The second-order valence-corrected chi connectivity index (χ2v) is 11.0. The van der Waals surface area contributed by atoms with E-state index in [1.165, 1.54) is 46.3 Å². The van der Waals surface area contributed by atoms with Gasteiger partial charge in [0, 0.05) is 43.4 Å².